The predicted molar refractivity (Wildman–Crippen MR) is 79.4 cm³/mol. The lowest BCUT2D eigenvalue weighted by molar-refractivity contribution is -0.122. The zero-order valence-corrected chi connectivity index (χ0v) is 11.5. The fraction of sp³-hybridized carbons (Fsp3) is 0.235. The lowest BCUT2D eigenvalue weighted by Gasteiger charge is -2.15. The van der Waals surface area contributed by atoms with Crippen molar-refractivity contribution in [3.05, 3.63) is 65.7 Å². The first kappa shape index (κ1) is 14.1. The van der Waals surface area contributed by atoms with Gasteiger partial charge < -0.3 is 10.4 Å². The van der Waals surface area contributed by atoms with E-state index in [-0.39, 0.29) is 17.6 Å². The number of phenolic OH excluding ortho intramolecular Hbond substituents is 1. The van der Waals surface area contributed by atoms with Gasteiger partial charge in [0.1, 0.15) is 5.75 Å². The van der Waals surface area contributed by atoms with Crippen LogP contribution in [0, 0.1) is 0 Å². The molecule has 2 aromatic rings. The van der Waals surface area contributed by atoms with E-state index in [4.69, 9.17) is 0 Å². The Morgan fingerprint density at radius 2 is 1.75 bits per heavy atom. The van der Waals surface area contributed by atoms with Crippen LogP contribution in [-0.2, 0) is 11.3 Å². The van der Waals surface area contributed by atoms with Crippen LogP contribution in [0.25, 0.3) is 0 Å². The number of hydrogen-bond donors (Lipinski definition) is 2. The number of nitrogens with one attached hydrogen (secondary N) is 1. The van der Waals surface area contributed by atoms with E-state index < -0.39 is 0 Å². The van der Waals surface area contributed by atoms with Crippen LogP contribution in [-0.4, -0.2) is 11.0 Å². The standard InChI is InChI=1S/C17H19NO2/c1-2-15(13-8-4-3-5-9-13)17(20)18-12-14-10-6-7-11-16(14)19/h3-11,15,19H,2,12H2,1H3,(H,18,20). The first-order valence-corrected chi connectivity index (χ1v) is 6.82. The summed E-state index contributed by atoms with van der Waals surface area (Å²) in [4.78, 5) is 12.3. The number of rotatable bonds is 5. The number of hydrogen-bond acceptors (Lipinski definition) is 2. The molecule has 0 saturated heterocycles. The van der Waals surface area contributed by atoms with Crippen LogP contribution in [0.4, 0.5) is 0 Å². The first-order chi connectivity index (χ1) is 9.72. The zero-order valence-electron chi connectivity index (χ0n) is 11.5. The van der Waals surface area contributed by atoms with Gasteiger partial charge in [-0.3, -0.25) is 4.79 Å². The van der Waals surface area contributed by atoms with Crippen molar-refractivity contribution in [3.8, 4) is 5.75 Å². The molecular formula is C17H19NO2. The first-order valence-electron chi connectivity index (χ1n) is 6.82. The summed E-state index contributed by atoms with van der Waals surface area (Å²) in [5.74, 6) is 0.0459. The van der Waals surface area contributed by atoms with Crippen molar-refractivity contribution in [2.75, 3.05) is 0 Å². The van der Waals surface area contributed by atoms with Gasteiger partial charge in [0.15, 0.2) is 0 Å². The van der Waals surface area contributed by atoms with Gasteiger partial charge in [-0.2, -0.15) is 0 Å². The van der Waals surface area contributed by atoms with Crippen molar-refractivity contribution < 1.29 is 9.90 Å². The van der Waals surface area contributed by atoms with Gasteiger partial charge in [0.2, 0.25) is 5.91 Å². The maximum absolute atomic E-state index is 12.3. The Bertz CT molecular complexity index is 566. The summed E-state index contributed by atoms with van der Waals surface area (Å²) in [6.07, 6.45) is 0.747. The molecule has 20 heavy (non-hydrogen) atoms. The summed E-state index contributed by atoms with van der Waals surface area (Å²) in [5.41, 5.74) is 1.74. The third-order valence-corrected chi connectivity index (χ3v) is 3.37. The van der Waals surface area contributed by atoms with Crippen molar-refractivity contribution in [2.45, 2.75) is 25.8 Å². The molecular weight excluding hydrogens is 250 g/mol. The van der Waals surface area contributed by atoms with Gasteiger partial charge in [-0.15, -0.1) is 0 Å². The normalized spacial score (nSPS) is 11.8. The molecule has 0 aliphatic rings. The Morgan fingerprint density at radius 3 is 2.40 bits per heavy atom. The molecule has 0 aromatic heterocycles. The molecule has 2 rings (SSSR count). The summed E-state index contributed by atoms with van der Waals surface area (Å²) in [7, 11) is 0. The second-order valence-corrected chi connectivity index (χ2v) is 4.72. The van der Waals surface area contributed by atoms with Gasteiger partial charge in [-0.25, -0.2) is 0 Å². The maximum Gasteiger partial charge on any atom is 0.227 e. The van der Waals surface area contributed by atoms with E-state index >= 15 is 0 Å². The highest BCUT2D eigenvalue weighted by Crippen LogP contribution is 2.20. The number of carbonyl (C=O) groups is 1. The Labute approximate surface area is 119 Å². The monoisotopic (exact) mass is 269 g/mol. The topological polar surface area (TPSA) is 49.3 Å². The van der Waals surface area contributed by atoms with E-state index in [1.807, 2.05) is 43.3 Å². The van der Waals surface area contributed by atoms with Gasteiger partial charge in [0.25, 0.3) is 0 Å². The Balaban J connectivity index is 2.02. The minimum Gasteiger partial charge on any atom is -0.508 e. The Hall–Kier alpha value is -2.29. The number of carbonyl (C=O) groups excluding carboxylic acids is 1. The highest BCUT2D eigenvalue weighted by atomic mass is 16.3. The molecule has 0 radical (unpaired) electrons. The molecule has 0 aliphatic heterocycles. The molecule has 0 heterocycles. The maximum atomic E-state index is 12.3. The summed E-state index contributed by atoms with van der Waals surface area (Å²) in [6, 6.07) is 16.8. The highest BCUT2D eigenvalue weighted by molar-refractivity contribution is 5.83. The minimum absolute atomic E-state index is 0.0121. The molecule has 2 aromatic carbocycles. The summed E-state index contributed by atoms with van der Waals surface area (Å²) >= 11 is 0. The van der Waals surface area contributed by atoms with Crippen LogP contribution in [0.15, 0.2) is 54.6 Å². The van der Waals surface area contributed by atoms with Gasteiger partial charge >= 0.3 is 0 Å². The van der Waals surface area contributed by atoms with E-state index in [0.717, 1.165) is 17.5 Å². The summed E-state index contributed by atoms with van der Waals surface area (Å²) in [5, 5.41) is 12.6. The minimum atomic E-state index is -0.151. The SMILES string of the molecule is CCC(C(=O)NCc1ccccc1O)c1ccccc1. The molecule has 1 atom stereocenters. The smallest absolute Gasteiger partial charge is 0.227 e. The van der Waals surface area contributed by atoms with Crippen molar-refractivity contribution in [3.63, 3.8) is 0 Å². The fourth-order valence-electron chi connectivity index (χ4n) is 2.22. The molecule has 1 amide bonds. The van der Waals surface area contributed by atoms with Crippen LogP contribution in [0.2, 0.25) is 0 Å². The van der Waals surface area contributed by atoms with Crippen molar-refractivity contribution in [1.29, 1.82) is 0 Å². The number of para-hydroxylation sites is 1. The van der Waals surface area contributed by atoms with E-state index in [9.17, 15) is 9.90 Å². The average Bonchev–Trinajstić information content (AvgIpc) is 2.48. The van der Waals surface area contributed by atoms with Crippen LogP contribution in [0.3, 0.4) is 0 Å². The molecule has 0 fully saturated rings. The van der Waals surface area contributed by atoms with Crippen LogP contribution >= 0.6 is 0 Å². The van der Waals surface area contributed by atoms with Gasteiger partial charge in [-0.1, -0.05) is 55.5 Å². The lowest BCUT2D eigenvalue weighted by atomic mass is 9.95. The van der Waals surface area contributed by atoms with Crippen LogP contribution in [0.1, 0.15) is 30.4 Å². The van der Waals surface area contributed by atoms with Gasteiger partial charge in [-0.05, 0) is 18.1 Å². The fourth-order valence-corrected chi connectivity index (χ4v) is 2.22. The highest BCUT2D eigenvalue weighted by Gasteiger charge is 2.18. The van der Waals surface area contributed by atoms with Gasteiger partial charge in [0.05, 0.1) is 5.92 Å². The van der Waals surface area contributed by atoms with Crippen LogP contribution < -0.4 is 5.32 Å². The second kappa shape index (κ2) is 6.75. The molecule has 3 nitrogen and oxygen atoms in total. The van der Waals surface area contributed by atoms with Gasteiger partial charge in [0, 0.05) is 12.1 Å². The number of amides is 1. The Kier molecular flexibility index (Phi) is 4.77. The second-order valence-electron chi connectivity index (χ2n) is 4.72. The Morgan fingerprint density at radius 1 is 1.10 bits per heavy atom. The molecule has 3 heteroatoms. The number of benzene rings is 2. The van der Waals surface area contributed by atoms with E-state index in [0.29, 0.717) is 6.54 Å². The average molecular weight is 269 g/mol. The van der Waals surface area contributed by atoms with Crippen LogP contribution in [0.5, 0.6) is 5.75 Å². The van der Waals surface area contributed by atoms with E-state index in [2.05, 4.69) is 5.32 Å². The van der Waals surface area contributed by atoms with Crippen molar-refractivity contribution in [1.82, 2.24) is 5.32 Å². The van der Waals surface area contributed by atoms with E-state index in [1.165, 1.54) is 0 Å². The zero-order chi connectivity index (χ0) is 14.4. The third kappa shape index (κ3) is 3.38. The number of phenols is 1. The van der Waals surface area contributed by atoms with E-state index in [1.54, 1.807) is 18.2 Å². The third-order valence-electron chi connectivity index (χ3n) is 3.37. The molecule has 104 valence electrons. The summed E-state index contributed by atoms with van der Waals surface area (Å²) in [6.45, 7) is 2.34. The predicted octanol–water partition coefficient (Wildman–Crippen LogP) is 3.20. The molecule has 0 aliphatic carbocycles. The lowest BCUT2D eigenvalue weighted by Crippen LogP contribution is -2.28. The van der Waals surface area contributed by atoms with Crippen molar-refractivity contribution in [2.24, 2.45) is 0 Å². The summed E-state index contributed by atoms with van der Waals surface area (Å²) < 4.78 is 0. The quantitative estimate of drug-likeness (QED) is 0.875. The van der Waals surface area contributed by atoms with Crippen molar-refractivity contribution >= 4 is 5.91 Å². The molecule has 0 spiro atoms. The molecule has 0 saturated carbocycles. The molecule has 1 unspecified atom stereocenters. The molecule has 0 bridgehead atoms. The largest absolute Gasteiger partial charge is 0.508 e. The number of aromatic hydroxyl groups is 1. The molecule has 2 N–H and O–H groups in total.